The molecule has 0 spiro atoms. The summed E-state index contributed by atoms with van der Waals surface area (Å²) in [6, 6.07) is 21.2. The van der Waals surface area contributed by atoms with E-state index in [4.69, 9.17) is 0 Å². The number of Topliss-reactive ketones (excluding diaryl/α,β-unsaturated/α-hetero) is 1. The van der Waals surface area contributed by atoms with Gasteiger partial charge in [0.05, 0.1) is 12.6 Å². The van der Waals surface area contributed by atoms with Crippen LogP contribution >= 0.6 is 0 Å². The SMILES string of the molecule is CC1=C(c2ccccc2)C(CC(=O)C2CCCCC2)[N+]2(c3ccccc3)C=NC=C12. The number of carbonyl (C=O) groups excluding carboxylic acids is 1. The Kier molecular flexibility index (Phi) is 5.00. The molecule has 2 aliphatic heterocycles. The number of benzene rings is 2. The first-order valence-corrected chi connectivity index (χ1v) is 11.2. The molecule has 2 aromatic rings. The molecule has 0 N–H and O–H groups in total. The molecule has 2 unspecified atom stereocenters. The van der Waals surface area contributed by atoms with Gasteiger partial charge in [-0.2, -0.15) is 0 Å². The van der Waals surface area contributed by atoms with Gasteiger partial charge in [0.1, 0.15) is 17.5 Å². The highest BCUT2D eigenvalue weighted by atomic mass is 16.1. The minimum absolute atomic E-state index is 0.0294. The van der Waals surface area contributed by atoms with E-state index in [0.717, 1.165) is 12.8 Å². The molecule has 152 valence electrons. The third-order valence-corrected chi connectivity index (χ3v) is 7.18. The maximum atomic E-state index is 13.5. The second-order valence-corrected chi connectivity index (χ2v) is 8.82. The van der Waals surface area contributed by atoms with Crippen LogP contribution in [0.1, 0.15) is 51.0 Å². The van der Waals surface area contributed by atoms with Crippen molar-refractivity contribution in [2.45, 2.75) is 51.5 Å². The number of hydrogen-bond acceptors (Lipinski definition) is 2. The molecule has 5 rings (SSSR count). The fraction of sp³-hybridized carbons (Fsp3) is 0.333. The average molecular weight is 398 g/mol. The highest BCUT2D eigenvalue weighted by Crippen LogP contribution is 2.50. The van der Waals surface area contributed by atoms with Gasteiger partial charge in [0.25, 0.3) is 0 Å². The zero-order chi connectivity index (χ0) is 20.6. The Labute approximate surface area is 179 Å². The van der Waals surface area contributed by atoms with Crippen molar-refractivity contribution < 1.29 is 4.79 Å². The van der Waals surface area contributed by atoms with Gasteiger partial charge in [-0.25, -0.2) is 9.48 Å². The molecule has 0 aromatic heterocycles. The van der Waals surface area contributed by atoms with Crippen molar-refractivity contribution in [3.8, 4) is 0 Å². The van der Waals surface area contributed by atoms with Crippen LogP contribution in [0, 0.1) is 5.92 Å². The number of ketones is 1. The lowest BCUT2D eigenvalue weighted by molar-refractivity contribution is -0.124. The molecule has 2 aromatic carbocycles. The molecule has 1 fully saturated rings. The Balaban J connectivity index is 1.62. The Morgan fingerprint density at radius 3 is 2.33 bits per heavy atom. The molecule has 1 saturated carbocycles. The van der Waals surface area contributed by atoms with Crippen molar-refractivity contribution in [3.05, 3.63) is 83.7 Å². The van der Waals surface area contributed by atoms with Gasteiger partial charge in [-0.1, -0.05) is 67.8 Å². The van der Waals surface area contributed by atoms with Crippen molar-refractivity contribution in [1.82, 2.24) is 4.48 Å². The summed E-state index contributed by atoms with van der Waals surface area (Å²) in [5, 5.41) is 0. The smallest absolute Gasteiger partial charge is 0.200 e. The number of fused-ring (bicyclic) bond motifs is 1. The van der Waals surface area contributed by atoms with Crippen molar-refractivity contribution in [2.75, 3.05) is 0 Å². The van der Waals surface area contributed by atoms with Crippen molar-refractivity contribution >= 4 is 23.4 Å². The number of carbonyl (C=O) groups is 1. The predicted octanol–water partition coefficient (Wildman–Crippen LogP) is 6.27. The third-order valence-electron chi connectivity index (χ3n) is 7.18. The molecule has 0 saturated heterocycles. The monoisotopic (exact) mass is 397 g/mol. The molecule has 2 atom stereocenters. The number of nitrogens with zero attached hydrogens (tertiary/aromatic N) is 2. The van der Waals surface area contributed by atoms with Crippen molar-refractivity contribution in [2.24, 2.45) is 10.9 Å². The van der Waals surface area contributed by atoms with Gasteiger partial charge in [-0.05, 0) is 25.3 Å². The highest BCUT2D eigenvalue weighted by Gasteiger charge is 2.54. The second kappa shape index (κ2) is 7.81. The summed E-state index contributed by atoms with van der Waals surface area (Å²) in [5.74, 6) is 0.649. The number of aliphatic imine (C=N–C) groups is 1. The lowest BCUT2D eigenvalue weighted by Crippen LogP contribution is -2.52. The summed E-state index contributed by atoms with van der Waals surface area (Å²) in [5.41, 5.74) is 6.14. The number of hydrogen-bond donors (Lipinski definition) is 0. The number of para-hydroxylation sites is 1. The zero-order valence-electron chi connectivity index (χ0n) is 17.6. The number of allylic oxidation sites excluding steroid dienone is 1. The van der Waals surface area contributed by atoms with Crippen LogP contribution in [0.15, 0.2) is 83.1 Å². The normalized spacial score (nSPS) is 26.0. The number of quaternary nitrogens is 1. The van der Waals surface area contributed by atoms with Crippen molar-refractivity contribution in [1.29, 1.82) is 0 Å². The van der Waals surface area contributed by atoms with E-state index < -0.39 is 0 Å². The van der Waals surface area contributed by atoms with E-state index in [1.165, 1.54) is 47.4 Å². The summed E-state index contributed by atoms with van der Waals surface area (Å²) >= 11 is 0. The van der Waals surface area contributed by atoms with Gasteiger partial charge in [-0.15, -0.1) is 0 Å². The zero-order valence-corrected chi connectivity index (χ0v) is 17.6. The van der Waals surface area contributed by atoms with Gasteiger partial charge in [-0.3, -0.25) is 4.79 Å². The van der Waals surface area contributed by atoms with Crippen LogP contribution in [0.3, 0.4) is 0 Å². The van der Waals surface area contributed by atoms with E-state index in [9.17, 15) is 4.79 Å². The summed E-state index contributed by atoms with van der Waals surface area (Å²) in [6.07, 6.45) is 10.3. The average Bonchev–Trinajstić information content (AvgIpc) is 3.34. The van der Waals surface area contributed by atoms with Crippen LogP contribution in [0.2, 0.25) is 0 Å². The van der Waals surface area contributed by atoms with E-state index in [1.807, 2.05) is 12.5 Å². The van der Waals surface area contributed by atoms with Crippen LogP contribution in [0.4, 0.5) is 5.69 Å². The summed E-state index contributed by atoms with van der Waals surface area (Å²) in [4.78, 5) is 18.1. The van der Waals surface area contributed by atoms with E-state index in [-0.39, 0.29) is 12.0 Å². The van der Waals surface area contributed by atoms with E-state index in [1.54, 1.807) is 0 Å². The molecule has 1 aliphatic carbocycles. The van der Waals surface area contributed by atoms with Gasteiger partial charge in [0, 0.05) is 29.2 Å². The van der Waals surface area contributed by atoms with Crippen LogP contribution in [0.5, 0.6) is 0 Å². The Bertz CT molecular complexity index is 1030. The van der Waals surface area contributed by atoms with Gasteiger partial charge in [0.15, 0.2) is 5.70 Å². The third kappa shape index (κ3) is 3.00. The van der Waals surface area contributed by atoms with E-state index in [2.05, 4.69) is 72.6 Å². The molecule has 0 bridgehead atoms. The molecule has 3 aliphatic rings. The topological polar surface area (TPSA) is 29.4 Å². The fourth-order valence-electron chi connectivity index (χ4n) is 5.70. The lowest BCUT2D eigenvalue weighted by atomic mass is 9.82. The Hall–Kier alpha value is -2.78. The van der Waals surface area contributed by atoms with Gasteiger partial charge < -0.3 is 0 Å². The van der Waals surface area contributed by atoms with Gasteiger partial charge >= 0.3 is 0 Å². The molecule has 3 nitrogen and oxygen atoms in total. The highest BCUT2D eigenvalue weighted by molar-refractivity contribution is 5.98. The minimum Gasteiger partial charge on any atom is -0.299 e. The molecule has 30 heavy (non-hydrogen) atoms. The van der Waals surface area contributed by atoms with Crippen molar-refractivity contribution in [3.63, 3.8) is 0 Å². The molecule has 2 heterocycles. The van der Waals surface area contributed by atoms with Crippen LogP contribution in [-0.2, 0) is 4.79 Å². The maximum Gasteiger partial charge on any atom is 0.200 e. The summed E-state index contributed by atoms with van der Waals surface area (Å²) in [7, 11) is 0. The quantitative estimate of drug-likeness (QED) is 0.547. The first-order chi connectivity index (χ1) is 14.7. The van der Waals surface area contributed by atoms with Gasteiger partial charge in [0.2, 0.25) is 6.34 Å². The molecule has 0 amide bonds. The minimum atomic E-state index is 0.0294. The molecular weight excluding hydrogens is 368 g/mol. The lowest BCUT2D eigenvalue weighted by Gasteiger charge is -2.35. The van der Waals surface area contributed by atoms with E-state index >= 15 is 0 Å². The second-order valence-electron chi connectivity index (χ2n) is 8.82. The van der Waals surface area contributed by atoms with E-state index in [0.29, 0.717) is 16.7 Å². The van der Waals surface area contributed by atoms with Crippen LogP contribution < -0.4 is 4.48 Å². The summed E-state index contributed by atoms with van der Waals surface area (Å²) in [6.45, 7) is 2.20. The first kappa shape index (κ1) is 19.2. The Morgan fingerprint density at radius 1 is 0.967 bits per heavy atom. The fourth-order valence-corrected chi connectivity index (χ4v) is 5.70. The summed E-state index contributed by atoms with van der Waals surface area (Å²) < 4.78 is 0.537. The molecular formula is C27H29N2O+. The van der Waals surface area contributed by atoms with Crippen LogP contribution in [-0.4, -0.2) is 18.2 Å². The maximum absolute atomic E-state index is 13.5. The largest absolute Gasteiger partial charge is 0.299 e. The standard InChI is InChI=1S/C27H29N2O/c1-20-25-18-28-19-29(25,23-15-9-4-10-16-23)24(27(20)22-13-7-3-8-14-22)17-26(30)21-11-5-2-6-12-21/h3-4,7-10,13-16,18-19,21,24H,2,5-6,11-12,17H2,1H3/q+1. The Morgan fingerprint density at radius 2 is 1.63 bits per heavy atom. The van der Waals surface area contributed by atoms with Crippen LogP contribution in [0.25, 0.3) is 5.57 Å². The molecule has 3 heteroatoms. The predicted molar refractivity (Wildman–Crippen MR) is 124 cm³/mol. The first-order valence-electron chi connectivity index (χ1n) is 11.2. The molecule has 0 radical (unpaired) electrons. The number of rotatable bonds is 5.